The van der Waals surface area contributed by atoms with Crippen molar-refractivity contribution in [2.75, 3.05) is 45.3 Å². The first-order chi connectivity index (χ1) is 23.4. The van der Waals surface area contributed by atoms with E-state index in [0.29, 0.717) is 43.0 Å². The highest BCUT2D eigenvalue weighted by molar-refractivity contribution is 7.90. The fraction of sp³-hybridized carbons (Fsp3) is 0.658. The van der Waals surface area contributed by atoms with Crippen molar-refractivity contribution in [3.8, 4) is 5.75 Å². The van der Waals surface area contributed by atoms with Crippen molar-refractivity contribution in [3.05, 3.63) is 58.1 Å². The van der Waals surface area contributed by atoms with Crippen LogP contribution in [0.15, 0.2) is 36.4 Å². The normalized spacial score (nSPS) is 32.8. The molecule has 9 nitrogen and oxygen atoms in total. The first kappa shape index (κ1) is 36.4. The maximum absolute atomic E-state index is 13.6. The second kappa shape index (κ2) is 15.5. The molecule has 2 aromatic rings. The number of nitrogens with one attached hydrogen (secondary N) is 1. The number of carbonyl (C=O) groups excluding carboxylic acids is 1. The van der Waals surface area contributed by atoms with Crippen LogP contribution >= 0.6 is 11.6 Å². The van der Waals surface area contributed by atoms with E-state index in [1.54, 1.807) is 13.0 Å². The highest BCUT2D eigenvalue weighted by Gasteiger charge is 2.44. The molecule has 270 valence electrons. The first-order valence-electron chi connectivity index (χ1n) is 18.2. The molecule has 4 aliphatic rings. The molecule has 0 aromatic heterocycles. The fourth-order valence-electron chi connectivity index (χ4n) is 8.10. The number of amides is 1. The van der Waals surface area contributed by atoms with Gasteiger partial charge < -0.3 is 24.0 Å². The summed E-state index contributed by atoms with van der Waals surface area (Å²) in [6.45, 7) is 9.09. The summed E-state index contributed by atoms with van der Waals surface area (Å²) in [6.07, 6.45) is 6.54. The third-order valence-electron chi connectivity index (χ3n) is 12.0. The van der Waals surface area contributed by atoms with Gasteiger partial charge in [0.2, 0.25) is 10.0 Å². The lowest BCUT2D eigenvalue weighted by molar-refractivity contribution is -0.241. The monoisotopic (exact) mass is 715 g/mol. The largest absolute Gasteiger partial charge is 0.487 e. The van der Waals surface area contributed by atoms with Crippen molar-refractivity contribution in [2.45, 2.75) is 89.9 Å². The van der Waals surface area contributed by atoms with Crippen molar-refractivity contribution in [1.82, 2.24) is 9.62 Å². The lowest BCUT2D eigenvalue weighted by atomic mass is 9.64. The van der Waals surface area contributed by atoms with E-state index < -0.39 is 21.2 Å². The molecule has 1 saturated heterocycles. The number of nitrogens with zero attached hydrogens (tertiary/aromatic N) is 2. The van der Waals surface area contributed by atoms with Gasteiger partial charge in [-0.1, -0.05) is 31.5 Å². The van der Waals surface area contributed by atoms with E-state index in [4.69, 9.17) is 25.8 Å². The van der Waals surface area contributed by atoms with Crippen LogP contribution < -0.4 is 14.4 Å². The number of hydrogen-bond donors (Lipinski definition) is 1. The van der Waals surface area contributed by atoms with Gasteiger partial charge >= 0.3 is 0 Å². The second-order valence-electron chi connectivity index (χ2n) is 15.2. The minimum Gasteiger partial charge on any atom is -0.487 e. The van der Waals surface area contributed by atoms with Crippen molar-refractivity contribution < 1.29 is 27.4 Å². The maximum Gasteiger partial charge on any atom is 0.264 e. The van der Waals surface area contributed by atoms with Crippen LogP contribution in [0.4, 0.5) is 5.69 Å². The average molecular weight is 716 g/mol. The molecule has 2 aromatic carbocycles. The van der Waals surface area contributed by atoms with Crippen LogP contribution in [0.25, 0.3) is 0 Å². The van der Waals surface area contributed by atoms with E-state index in [0.717, 1.165) is 74.3 Å². The molecule has 6 atom stereocenters. The fourth-order valence-corrected chi connectivity index (χ4v) is 9.69. The van der Waals surface area contributed by atoms with Gasteiger partial charge in [-0.15, -0.1) is 0 Å². The number of rotatable bonds is 2. The highest BCUT2D eigenvalue weighted by atomic mass is 35.5. The summed E-state index contributed by atoms with van der Waals surface area (Å²) >= 11 is 6.38. The number of aryl methyl sites for hydroxylation is 1. The molecule has 49 heavy (non-hydrogen) atoms. The van der Waals surface area contributed by atoms with E-state index in [1.165, 1.54) is 5.56 Å². The van der Waals surface area contributed by atoms with Gasteiger partial charge in [0, 0.05) is 29.6 Å². The predicted octanol–water partition coefficient (Wildman–Crippen LogP) is 6.52. The molecule has 11 heteroatoms. The lowest BCUT2D eigenvalue weighted by Gasteiger charge is -2.48. The molecular weight excluding hydrogens is 662 g/mol. The molecule has 1 amide bonds. The smallest absolute Gasteiger partial charge is 0.264 e. The molecule has 2 fully saturated rings. The van der Waals surface area contributed by atoms with Crippen molar-refractivity contribution in [2.24, 2.45) is 29.6 Å². The first-order valence-corrected chi connectivity index (χ1v) is 20.1. The van der Waals surface area contributed by atoms with Crippen molar-refractivity contribution in [3.63, 3.8) is 0 Å². The molecule has 0 spiro atoms. The number of anilines is 1. The Morgan fingerprint density at radius 2 is 1.67 bits per heavy atom. The quantitative estimate of drug-likeness (QED) is 0.376. The van der Waals surface area contributed by atoms with Crippen LogP contribution in [0, 0.1) is 29.6 Å². The van der Waals surface area contributed by atoms with E-state index >= 15 is 0 Å². The zero-order chi connectivity index (χ0) is 34.9. The Labute approximate surface area is 298 Å². The molecular formula is C38H54ClN3O6S. The molecule has 3 aliphatic heterocycles. The number of benzene rings is 2. The summed E-state index contributed by atoms with van der Waals surface area (Å²) < 4.78 is 49.1. The van der Waals surface area contributed by atoms with Gasteiger partial charge in [0.05, 0.1) is 30.2 Å². The van der Waals surface area contributed by atoms with Gasteiger partial charge in [0.15, 0.2) is 6.29 Å². The van der Waals surface area contributed by atoms with Gasteiger partial charge in [-0.3, -0.25) is 4.79 Å². The van der Waals surface area contributed by atoms with Crippen LogP contribution in [-0.2, 0) is 32.5 Å². The number of ether oxygens (including phenoxy) is 3. The molecule has 0 radical (unpaired) electrons. The molecule has 1 aliphatic carbocycles. The Bertz CT molecular complexity index is 1580. The Hall–Kier alpha value is -2.37. The minimum absolute atomic E-state index is 0.127. The topological polar surface area (TPSA) is 97.4 Å². The summed E-state index contributed by atoms with van der Waals surface area (Å²) in [6, 6.07) is 11.5. The summed E-state index contributed by atoms with van der Waals surface area (Å²) in [4.78, 5) is 18.1. The van der Waals surface area contributed by atoms with Crippen molar-refractivity contribution in [1.29, 1.82) is 0 Å². The van der Waals surface area contributed by atoms with Gasteiger partial charge in [-0.25, -0.2) is 13.1 Å². The number of halogens is 1. The summed E-state index contributed by atoms with van der Waals surface area (Å²) in [7, 11) is 0.183. The highest BCUT2D eigenvalue weighted by Crippen LogP contribution is 2.47. The van der Waals surface area contributed by atoms with E-state index in [1.807, 2.05) is 37.3 Å². The number of sulfonamides is 1. The third kappa shape index (κ3) is 8.25. The summed E-state index contributed by atoms with van der Waals surface area (Å²) in [5.74, 6) is 1.09. The Morgan fingerprint density at radius 3 is 2.39 bits per heavy atom. The zero-order valence-electron chi connectivity index (χ0n) is 29.7. The van der Waals surface area contributed by atoms with Gasteiger partial charge in [-0.05, 0) is 131 Å². The Morgan fingerprint density at radius 1 is 0.918 bits per heavy atom. The molecule has 0 unspecified atom stereocenters. The molecule has 2 bridgehead atoms. The standard InChI is InChI=1S/C38H54ClN3O6S/c1-24-9-14-34(38-47-22-32(23-48-38)41(4)5)33-15-11-29(33)20-42-17-7-6-8-27-18-31(39)13-10-30(27)21-46-36-16-12-28(19-35(36)42)37(43)40-49(44,45)26(3)25(24)2/h10,12-13,16,18-19,24-26,29,32-34,38H,6-9,11,14-15,17,20-23H2,1-5H3,(H,40,43)/t24-,25-,26-,29+,32-,33-,34-,38-/m1/s1. The number of likely N-dealkylation sites (N-methyl/N-ethyl adjacent to an activating group) is 1. The molecule has 1 N–H and O–H groups in total. The van der Waals surface area contributed by atoms with Crippen LogP contribution in [-0.4, -0.2) is 77.2 Å². The second-order valence-corrected chi connectivity index (χ2v) is 17.7. The maximum atomic E-state index is 13.6. The van der Waals surface area contributed by atoms with E-state index in [9.17, 15) is 13.2 Å². The lowest BCUT2D eigenvalue weighted by Crippen LogP contribution is -2.51. The summed E-state index contributed by atoms with van der Waals surface area (Å²) in [5.41, 5.74) is 3.42. The van der Waals surface area contributed by atoms with Gasteiger partial charge in [0.1, 0.15) is 12.4 Å². The SMILES string of the molecule is C[C@@H]1[C@H](C)CC[C@@H]([C@H]2OC[C@H](N(C)C)CO2)[C@@H]2CC[C@H]2CN2CCCCc3cc(Cl)ccc3COc3ccc(cc32)C(=O)NS(=O)(=O)[C@@H]1C. The number of fused-ring (bicyclic) bond motifs is 3. The van der Waals surface area contributed by atoms with E-state index in [2.05, 4.69) is 35.5 Å². The number of carbonyl (C=O) groups is 1. The van der Waals surface area contributed by atoms with Gasteiger partial charge in [0.25, 0.3) is 5.91 Å². The van der Waals surface area contributed by atoms with Gasteiger partial charge in [-0.2, -0.15) is 0 Å². The minimum atomic E-state index is -3.93. The number of hydrogen-bond acceptors (Lipinski definition) is 8. The summed E-state index contributed by atoms with van der Waals surface area (Å²) in [5, 5.41) is -0.0249. The zero-order valence-corrected chi connectivity index (χ0v) is 31.3. The van der Waals surface area contributed by atoms with Crippen LogP contribution in [0.3, 0.4) is 0 Å². The van der Waals surface area contributed by atoms with Crippen molar-refractivity contribution >= 4 is 33.2 Å². The Kier molecular flexibility index (Phi) is 11.5. The van der Waals surface area contributed by atoms with Crippen LogP contribution in [0.2, 0.25) is 5.02 Å². The molecule has 6 rings (SSSR count). The van der Waals surface area contributed by atoms with E-state index in [-0.39, 0.29) is 30.1 Å². The Balaban J connectivity index is 1.36. The van der Waals surface area contributed by atoms with Crippen LogP contribution in [0.5, 0.6) is 5.75 Å². The average Bonchev–Trinajstić information content (AvgIpc) is 3.10. The van der Waals surface area contributed by atoms with Crippen LogP contribution in [0.1, 0.15) is 80.8 Å². The third-order valence-corrected chi connectivity index (χ3v) is 14.1. The molecule has 3 heterocycles. The predicted molar refractivity (Wildman–Crippen MR) is 194 cm³/mol. The molecule has 1 saturated carbocycles.